The van der Waals surface area contributed by atoms with Crippen molar-refractivity contribution in [3.05, 3.63) is 53.7 Å². The van der Waals surface area contributed by atoms with Gasteiger partial charge in [0.25, 0.3) is 0 Å². The lowest BCUT2D eigenvalue weighted by atomic mass is 10.2. The van der Waals surface area contributed by atoms with Crippen molar-refractivity contribution in [2.45, 2.75) is 13.5 Å². The number of nitrogens with two attached hydrogens (primary N) is 1. The van der Waals surface area contributed by atoms with Gasteiger partial charge in [-0.3, -0.25) is 0 Å². The van der Waals surface area contributed by atoms with Crippen LogP contribution in [0.25, 0.3) is 0 Å². The number of hydrogen-bond acceptors (Lipinski definition) is 4. The quantitative estimate of drug-likeness (QED) is 0.937. The van der Waals surface area contributed by atoms with Crippen LogP contribution in [0.1, 0.15) is 11.1 Å². The molecule has 21 heavy (non-hydrogen) atoms. The molecule has 2 aromatic rings. The molecular weight excluding hydrogens is 260 g/mol. The van der Waals surface area contributed by atoms with Gasteiger partial charge in [0.2, 0.25) is 0 Å². The molecule has 1 saturated heterocycles. The number of rotatable bonds is 3. The molecular formula is C17H22N4. The summed E-state index contributed by atoms with van der Waals surface area (Å²) < 4.78 is 0. The largest absolute Gasteiger partial charge is 0.368 e. The molecule has 110 valence electrons. The van der Waals surface area contributed by atoms with Crippen molar-refractivity contribution in [2.75, 3.05) is 36.0 Å². The zero-order valence-corrected chi connectivity index (χ0v) is 12.5. The van der Waals surface area contributed by atoms with Gasteiger partial charge < -0.3 is 15.5 Å². The molecule has 4 heteroatoms. The third kappa shape index (κ3) is 3.16. The molecule has 4 nitrogen and oxygen atoms in total. The highest BCUT2D eigenvalue weighted by Gasteiger charge is 2.18. The van der Waals surface area contributed by atoms with E-state index in [4.69, 9.17) is 5.73 Å². The number of anilines is 2. The van der Waals surface area contributed by atoms with E-state index in [0.717, 1.165) is 37.6 Å². The van der Waals surface area contributed by atoms with Gasteiger partial charge in [0, 0.05) is 44.6 Å². The van der Waals surface area contributed by atoms with Gasteiger partial charge in [0.1, 0.15) is 5.82 Å². The van der Waals surface area contributed by atoms with Crippen LogP contribution >= 0.6 is 0 Å². The predicted octanol–water partition coefficient (Wildman–Crippen LogP) is 2.18. The molecule has 0 spiro atoms. The Bertz CT molecular complexity index is 586. The van der Waals surface area contributed by atoms with Crippen molar-refractivity contribution in [1.82, 2.24) is 4.98 Å². The van der Waals surface area contributed by atoms with Crippen LogP contribution in [0.3, 0.4) is 0 Å². The Kier molecular flexibility index (Phi) is 4.06. The number of hydrogen-bond donors (Lipinski definition) is 1. The van der Waals surface area contributed by atoms with E-state index in [1.54, 1.807) is 0 Å². The number of benzene rings is 1. The highest BCUT2D eigenvalue weighted by molar-refractivity contribution is 5.51. The monoisotopic (exact) mass is 282 g/mol. The number of aromatic nitrogens is 1. The predicted molar refractivity (Wildman–Crippen MR) is 87.7 cm³/mol. The second-order valence-electron chi connectivity index (χ2n) is 5.54. The molecule has 2 heterocycles. The van der Waals surface area contributed by atoms with E-state index < -0.39 is 0 Å². The average molecular weight is 282 g/mol. The van der Waals surface area contributed by atoms with Crippen LogP contribution in [0.4, 0.5) is 11.5 Å². The molecule has 0 atom stereocenters. The Morgan fingerprint density at radius 2 is 1.81 bits per heavy atom. The third-order valence-corrected chi connectivity index (χ3v) is 4.02. The van der Waals surface area contributed by atoms with Crippen molar-refractivity contribution >= 4 is 11.5 Å². The summed E-state index contributed by atoms with van der Waals surface area (Å²) in [5.74, 6) is 1.05. The maximum Gasteiger partial charge on any atom is 0.128 e. The van der Waals surface area contributed by atoms with Crippen molar-refractivity contribution in [3.63, 3.8) is 0 Å². The number of piperazine rings is 1. The van der Waals surface area contributed by atoms with Gasteiger partial charge in [0.15, 0.2) is 0 Å². The fourth-order valence-electron chi connectivity index (χ4n) is 2.74. The van der Waals surface area contributed by atoms with E-state index in [9.17, 15) is 0 Å². The van der Waals surface area contributed by atoms with Crippen LogP contribution in [0.15, 0.2) is 42.6 Å². The Balaban J connectivity index is 1.64. The second-order valence-corrected chi connectivity index (χ2v) is 5.54. The fraction of sp³-hybridized carbons (Fsp3) is 0.353. The maximum atomic E-state index is 5.61. The van der Waals surface area contributed by atoms with Crippen LogP contribution in [-0.2, 0) is 6.54 Å². The molecule has 0 amide bonds. The molecule has 3 rings (SSSR count). The summed E-state index contributed by atoms with van der Waals surface area (Å²) in [5, 5.41) is 0. The van der Waals surface area contributed by atoms with Crippen molar-refractivity contribution in [3.8, 4) is 0 Å². The van der Waals surface area contributed by atoms with Gasteiger partial charge in [-0.2, -0.15) is 0 Å². The summed E-state index contributed by atoms with van der Waals surface area (Å²) in [5.41, 5.74) is 9.33. The molecule has 0 aliphatic carbocycles. The molecule has 0 radical (unpaired) electrons. The summed E-state index contributed by atoms with van der Waals surface area (Å²) in [4.78, 5) is 9.29. The molecule has 1 aromatic carbocycles. The lowest BCUT2D eigenvalue weighted by Crippen LogP contribution is -2.46. The third-order valence-electron chi connectivity index (χ3n) is 4.02. The molecule has 1 aliphatic heterocycles. The lowest BCUT2D eigenvalue weighted by Gasteiger charge is -2.36. The summed E-state index contributed by atoms with van der Waals surface area (Å²) >= 11 is 0. The van der Waals surface area contributed by atoms with E-state index in [1.807, 2.05) is 6.20 Å². The standard InChI is InChI=1S/C17H22N4/c1-14-3-2-4-16(11-14)20-7-9-21(10-8-20)17-6-5-15(12-18)13-19-17/h2-6,11,13H,7-10,12,18H2,1H3. The molecule has 1 fully saturated rings. The number of pyridine rings is 1. The zero-order valence-electron chi connectivity index (χ0n) is 12.5. The first kappa shape index (κ1) is 13.9. The Labute approximate surface area is 126 Å². The molecule has 0 saturated carbocycles. The van der Waals surface area contributed by atoms with Crippen LogP contribution < -0.4 is 15.5 Å². The minimum atomic E-state index is 0.550. The smallest absolute Gasteiger partial charge is 0.128 e. The van der Waals surface area contributed by atoms with Crippen molar-refractivity contribution in [1.29, 1.82) is 0 Å². The van der Waals surface area contributed by atoms with Gasteiger partial charge in [-0.15, -0.1) is 0 Å². The lowest BCUT2D eigenvalue weighted by molar-refractivity contribution is 0.647. The van der Waals surface area contributed by atoms with E-state index in [0.29, 0.717) is 6.54 Å². The van der Waals surface area contributed by atoms with Crippen LogP contribution in [-0.4, -0.2) is 31.2 Å². The first-order valence-electron chi connectivity index (χ1n) is 7.48. The second kappa shape index (κ2) is 6.14. The zero-order chi connectivity index (χ0) is 14.7. The Hall–Kier alpha value is -2.07. The molecule has 1 aromatic heterocycles. The van der Waals surface area contributed by atoms with E-state index >= 15 is 0 Å². The molecule has 0 bridgehead atoms. The van der Waals surface area contributed by atoms with E-state index in [-0.39, 0.29) is 0 Å². The van der Waals surface area contributed by atoms with E-state index in [1.165, 1.54) is 11.3 Å². The average Bonchev–Trinajstić information content (AvgIpc) is 2.55. The van der Waals surface area contributed by atoms with Gasteiger partial charge >= 0.3 is 0 Å². The Morgan fingerprint density at radius 3 is 2.43 bits per heavy atom. The molecule has 0 unspecified atom stereocenters. The summed E-state index contributed by atoms with van der Waals surface area (Å²) in [6.45, 7) is 6.76. The van der Waals surface area contributed by atoms with Crippen molar-refractivity contribution < 1.29 is 0 Å². The number of nitrogens with zero attached hydrogens (tertiary/aromatic N) is 3. The normalized spacial score (nSPS) is 15.3. The first-order valence-corrected chi connectivity index (χ1v) is 7.48. The fourth-order valence-corrected chi connectivity index (χ4v) is 2.74. The first-order chi connectivity index (χ1) is 10.3. The topological polar surface area (TPSA) is 45.4 Å². The van der Waals surface area contributed by atoms with Gasteiger partial charge in [-0.25, -0.2) is 4.98 Å². The van der Waals surface area contributed by atoms with Crippen LogP contribution in [0.2, 0.25) is 0 Å². The SMILES string of the molecule is Cc1cccc(N2CCN(c3ccc(CN)cn3)CC2)c1. The summed E-state index contributed by atoms with van der Waals surface area (Å²) in [6.07, 6.45) is 1.88. The summed E-state index contributed by atoms with van der Waals surface area (Å²) in [6, 6.07) is 12.9. The highest BCUT2D eigenvalue weighted by Crippen LogP contribution is 2.20. The minimum absolute atomic E-state index is 0.550. The maximum absolute atomic E-state index is 5.61. The minimum Gasteiger partial charge on any atom is -0.368 e. The molecule has 2 N–H and O–H groups in total. The van der Waals surface area contributed by atoms with Crippen LogP contribution in [0, 0.1) is 6.92 Å². The van der Waals surface area contributed by atoms with Gasteiger partial charge in [-0.1, -0.05) is 18.2 Å². The van der Waals surface area contributed by atoms with Gasteiger partial charge in [-0.05, 0) is 36.2 Å². The molecule has 1 aliphatic rings. The van der Waals surface area contributed by atoms with E-state index in [2.05, 4.69) is 58.1 Å². The summed E-state index contributed by atoms with van der Waals surface area (Å²) in [7, 11) is 0. The van der Waals surface area contributed by atoms with Crippen LogP contribution in [0.5, 0.6) is 0 Å². The number of aryl methyl sites for hydroxylation is 1. The van der Waals surface area contributed by atoms with Gasteiger partial charge in [0.05, 0.1) is 0 Å². The Morgan fingerprint density at radius 1 is 1.05 bits per heavy atom. The highest BCUT2D eigenvalue weighted by atomic mass is 15.3. The van der Waals surface area contributed by atoms with Crippen molar-refractivity contribution in [2.24, 2.45) is 5.73 Å².